The lowest BCUT2D eigenvalue weighted by atomic mass is 9.93. The zero-order valence-electron chi connectivity index (χ0n) is 20.0. The Bertz CT molecular complexity index is 1210. The van der Waals surface area contributed by atoms with Crippen LogP contribution in [0.2, 0.25) is 10.0 Å². The number of hydrogen-bond acceptors (Lipinski definition) is 4. The Morgan fingerprint density at radius 3 is 2.41 bits per heavy atom. The van der Waals surface area contributed by atoms with Gasteiger partial charge in [0.25, 0.3) is 0 Å². The van der Waals surface area contributed by atoms with E-state index < -0.39 is 23.8 Å². The molecular formula is C28H27Cl2F3N2O2. The molecule has 2 unspecified atom stereocenters. The summed E-state index contributed by atoms with van der Waals surface area (Å²) >= 11 is 12.4. The number of rotatable bonds is 9. The van der Waals surface area contributed by atoms with Gasteiger partial charge in [0.05, 0.1) is 24.3 Å². The number of aryl methyl sites for hydroxylation is 1. The number of hydrogen-bond donors (Lipinski definition) is 1. The van der Waals surface area contributed by atoms with E-state index in [1.807, 2.05) is 29.2 Å². The number of nitrogens with zero attached hydrogens (tertiary/aromatic N) is 1. The van der Waals surface area contributed by atoms with E-state index in [1.165, 1.54) is 12.1 Å². The Kier molecular flexibility index (Phi) is 8.67. The van der Waals surface area contributed by atoms with Gasteiger partial charge < -0.3 is 20.2 Å². The van der Waals surface area contributed by atoms with Crippen molar-refractivity contribution in [1.29, 1.82) is 0 Å². The lowest BCUT2D eigenvalue weighted by Gasteiger charge is -2.38. The van der Waals surface area contributed by atoms with Crippen LogP contribution in [0.25, 0.3) is 0 Å². The maximum Gasteiger partial charge on any atom is 0.416 e. The van der Waals surface area contributed by atoms with E-state index >= 15 is 0 Å². The zero-order valence-corrected chi connectivity index (χ0v) is 21.5. The second-order valence-corrected chi connectivity index (χ2v) is 9.89. The first-order valence-corrected chi connectivity index (χ1v) is 12.7. The number of nitrogens with two attached hydrogens (primary N) is 1. The number of carbonyl (C=O) groups is 1. The van der Waals surface area contributed by atoms with Crippen molar-refractivity contribution in [2.75, 3.05) is 18.1 Å². The smallest absolute Gasteiger partial charge is 0.416 e. The van der Waals surface area contributed by atoms with Crippen LogP contribution in [0.1, 0.15) is 28.7 Å². The van der Waals surface area contributed by atoms with Gasteiger partial charge in [0.2, 0.25) is 0 Å². The number of anilines is 1. The van der Waals surface area contributed by atoms with Gasteiger partial charge in [0.1, 0.15) is 12.0 Å². The minimum absolute atomic E-state index is 0.395. The van der Waals surface area contributed by atoms with E-state index in [0.29, 0.717) is 65.9 Å². The number of halogens is 5. The van der Waals surface area contributed by atoms with Gasteiger partial charge in [0.15, 0.2) is 0 Å². The molecule has 9 heteroatoms. The van der Waals surface area contributed by atoms with E-state index in [1.54, 1.807) is 18.2 Å². The Balaban J connectivity index is 1.38. The topological polar surface area (TPSA) is 55.6 Å². The SMILES string of the molecule is NC(C(C=O)Cc1ccc(OCCc2c(Cl)cccc2Cl)cc1)N1CCCc2cc(C(F)(F)F)ccc21. The lowest BCUT2D eigenvalue weighted by Crippen LogP contribution is -2.50. The molecule has 0 spiro atoms. The molecule has 0 radical (unpaired) electrons. The Hall–Kier alpha value is -2.74. The van der Waals surface area contributed by atoms with E-state index in [4.69, 9.17) is 33.7 Å². The molecule has 3 aromatic carbocycles. The third kappa shape index (κ3) is 6.58. The van der Waals surface area contributed by atoms with Crippen LogP contribution in [0.15, 0.2) is 60.7 Å². The average molecular weight is 551 g/mol. The van der Waals surface area contributed by atoms with Gasteiger partial charge in [-0.25, -0.2) is 0 Å². The molecule has 2 atom stereocenters. The summed E-state index contributed by atoms with van der Waals surface area (Å²) in [5.74, 6) is 0.131. The van der Waals surface area contributed by atoms with Gasteiger partial charge in [-0.1, -0.05) is 41.4 Å². The van der Waals surface area contributed by atoms with Crippen LogP contribution in [0.5, 0.6) is 5.75 Å². The number of benzene rings is 3. The molecule has 0 saturated carbocycles. The van der Waals surface area contributed by atoms with E-state index in [2.05, 4.69) is 0 Å². The standard InChI is InChI=1S/C28H27Cl2F3N2O2/c29-24-4-1-5-25(30)23(24)12-14-37-22-9-6-18(7-10-22)15-20(17-36)27(34)35-13-2-3-19-16-21(28(31,32)33)8-11-26(19)35/h1,4-11,16-17,20,27H,2-3,12-15,34H2. The molecule has 196 valence electrons. The summed E-state index contributed by atoms with van der Waals surface area (Å²) < 4.78 is 45.2. The second kappa shape index (κ2) is 11.8. The van der Waals surface area contributed by atoms with Crippen molar-refractivity contribution < 1.29 is 22.7 Å². The Morgan fingerprint density at radius 1 is 1.05 bits per heavy atom. The molecular weight excluding hydrogens is 524 g/mol. The summed E-state index contributed by atoms with van der Waals surface area (Å²) in [6.45, 7) is 0.973. The van der Waals surface area contributed by atoms with Crippen molar-refractivity contribution in [3.63, 3.8) is 0 Å². The third-order valence-corrected chi connectivity index (χ3v) is 7.32. The molecule has 1 heterocycles. The van der Waals surface area contributed by atoms with Gasteiger partial charge in [0, 0.05) is 28.7 Å². The van der Waals surface area contributed by atoms with Crippen molar-refractivity contribution in [3.05, 3.63) is 93.0 Å². The Morgan fingerprint density at radius 2 is 1.76 bits per heavy atom. The highest BCUT2D eigenvalue weighted by Crippen LogP contribution is 2.36. The highest BCUT2D eigenvalue weighted by molar-refractivity contribution is 6.35. The van der Waals surface area contributed by atoms with Crippen molar-refractivity contribution in [2.24, 2.45) is 11.7 Å². The van der Waals surface area contributed by atoms with Crippen LogP contribution in [0, 0.1) is 5.92 Å². The fourth-order valence-corrected chi connectivity index (χ4v) is 5.22. The first-order valence-electron chi connectivity index (χ1n) is 12.0. The average Bonchev–Trinajstić information content (AvgIpc) is 2.88. The van der Waals surface area contributed by atoms with Crippen LogP contribution in [0.3, 0.4) is 0 Å². The fourth-order valence-electron chi connectivity index (χ4n) is 4.63. The summed E-state index contributed by atoms with van der Waals surface area (Å²) in [5, 5.41) is 1.19. The molecule has 3 aromatic rings. The molecule has 4 nitrogen and oxygen atoms in total. The van der Waals surface area contributed by atoms with Gasteiger partial charge in [-0.3, -0.25) is 0 Å². The van der Waals surface area contributed by atoms with Gasteiger partial charge in [-0.2, -0.15) is 13.2 Å². The molecule has 1 aliphatic rings. The van der Waals surface area contributed by atoms with Crippen LogP contribution >= 0.6 is 23.2 Å². The minimum Gasteiger partial charge on any atom is -0.493 e. The van der Waals surface area contributed by atoms with Crippen molar-refractivity contribution in [3.8, 4) is 5.75 Å². The highest BCUT2D eigenvalue weighted by Gasteiger charge is 2.33. The molecule has 1 aliphatic heterocycles. The molecule has 37 heavy (non-hydrogen) atoms. The first kappa shape index (κ1) is 27.3. The molecule has 0 saturated heterocycles. The maximum atomic E-state index is 13.1. The largest absolute Gasteiger partial charge is 0.493 e. The summed E-state index contributed by atoms with van der Waals surface area (Å²) in [6.07, 6.45) is -2.08. The van der Waals surface area contributed by atoms with Gasteiger partial charge in [-0.05, 0) is 78.4 Å². The molecule has 0 amide bonds. The highest BCUT2D eigenvalue weighted by atomic mass is 35.5. The summed E-state index contributed by atoms with van der Waals surface area (Å²) in [5.41, 5.74) is 8.80. The van der Waals surface area contributed by atoms with E-state index in [0.717, 1.165) is 23.5 Å². The quantitative estimate of drug-likeness (QED) is 0.300. The first-order chi connectivity index (χ1) is 17.7. The minimum atomic E-state index is -4.40. The van der Waals surface area contributed by atoms with Crippen LogP contribution in [-0.4, -0.2) is 25.6 Å². The molecule has 4 rings (SSSR count). The van der Waals surface area contributed by atoms with E-state index in [9.17, 15) is 18.0 Å². The van der Waals surface area contributed by atoms with Crippen molar-refractivity contribution >= 4 is 35.2 Å². The van der Waals surface area contributed by atoms with E-state index in [-0.39, 0.29) is 0 Å². The lowest BCUT2D eigenvalue weighted by molar-refractivity contribution is -0.137. The van der Waals surface area contributed by atoms with Gasteiger partial charge >= 0.3 is 6.18 Å². The third-order valence-electron chi connectivity index (χ3n) is 6.61. The van der Waals surface area contributed by atoms with Crippen LogP contribution < -0.4 is 15.4 Å². The molecule has 0 fully saturated rings. The number of fused-ring (bicyclic) bond motifs is 1. The normalized spacial score (nSPS) is 15.1. The predicted molar refractivity (Wildman–Crippen MR) is 140 cm³/mol. The fraction of sp³-hybridized carbons (Fsp3) is 0.321. The summed E-state index contributed by atoms with van der Waals surface area (Å²) in [4.78, 5) is 13.8. The summed E-state index contributed by atoms with van der Waals surface area (Å²) in [7, 11) is 0. The predicted octanol–water partition coefficient (Wildman–Crippen LogP) is 6.73. The van der Waals surface area contributed by atoms with Crippen LogP contribution in [-0.2, 0) is 30.2 Å². The zero-order chi connectivity index (χ0) is 26.6. The monoisotopic (exact) mass is 550 g/mol. The van der Waals surface area contributed by atoms with Gasteiger partial charge in [-0.15, -0.1) is 0 Å². The maximum absolute atomic E-state index is 13.1. The molecule has 2 N–H and O–H groups in total. The molecule has 0 bridgehead atoms. The number of carbonyl (C=O) groups excluding carboxylic acids is 1. The summed E-state index contributed by atoms with van der Waals surface area (Å²) in [6, 6.07) is 16.5. The Labute approximate surface area is 224 Å². The number of alkyl halides is 3. The second-order valence-electron chi connectivity index (χ2n) is 9.08. The molecule has 0 aromatic heterocycles. The molecule has 0 aliphatic carbocycles. The number of aldehydes is 1. The van der Waals surface area contributed by atoms with Crippen molar-refractivity contribution in [2.45, 2.75) is 38.0 Å². The number of ether oxygens (including phenoxy) is 1. The van der Waals surface area contributed by atoms with Crippen molar-refractivity contribution in [1.82, 2.24) is 0 Å². The van der Waals surface area contributed by atoms with Crippen LogP contribution in [0.4, 0.5) is 18.9 Å².